The van der Waals surface area contributed by atoms with Gasteiger partial charge in [-0.25, -0.2) is 24.7 Å². The minimum Gasteiger partial charge on any atom is -0.477 e. The third-order valence-electron chi connectivity index (χ3n) is 4.21. The molecular weight excluding hydrogens is 396 g/mol. The lowest BCUT2D eigenvalue weighted by Gasteiger charge is -2.11. The molecule has 3 aromatic heterocycles. The molecule has 0 spiro atoms. The Hall–Kier alpha value is -4.60. The van der Waals surface area contributed by atoms with E-state index < -0.39 is 5.97 Å². The van der Waals surface area contributed by atoms with Crippen molar-refractivity contribution in [3.8, 4) is 11.5 Å². The van der Waals surface area contributed by atoms with Gasteiger partial charge in [-0.1, -0.05) is 6.07 Å². The number of anilines is 5. The van der Waals surface area contributed by atoms with Crippen LogP contribution in [0.1, 0.15) is 16.1 Å². The minimum absolute atomic E-state index is 0.0944. The molecule has 4 rings (SSSR count). The number of carboxylic acids is 1. The first-order chi connectivity index (χ1) is 15.0. The number of aromatic carboxylic acids is 1. The highest BCUT2D eigenvalue weighted by atomic mass is 16.4. The van der Waals surface area contributed by atoms with Crippen LogP contribution in [0, 0.1) is 6.92 Å². The zero-order valence-corrected chi connectivity index (χ0v) is 16.4. The van der Waals surface area contributed by atoms with Gasteiger partial charge in [0.2, 0.25) is 5.95 Å². The van der Waals surface area contributed by atoms with Gasteiger partial charge in [0, 0.05) is 29.5 Å². The second-order valence-corrected chi connectivity index (χ2v) is 6.56. The summed E-state index contributed by atoms with van der Waals surface area (Å²) in [4.78, 5) is 33.1. The number of nitrogens with one attached hydrogen (secondary N) is 2. The molecule has 1 aromatic carbocycles. The molecule has 0 aliphatic carbocycles. The fourth-order valence-electron chi connectivity index (χ4n) is 2.73. The SMILES string of the molecule is Cc1cccc(-c2ncc(C(=O)O)c(Nc3ccnc(Nc4ccc(N)cc4)n3)n2)n1. The van der Waals surface area contributed by atoms with Crippen molar-refractivity contribution < 1.29 is 9.90 Å². The summed E-state index contributed by atoms with van der Waals surface area (Å²) in [6.45, 7) is 1.85. The smallest absolute Gasteiger partial charge is 0.341 e. The number of nitrogens with zero attached hydrogens (tertiary/aromatic N) is 5. The topological polar surface area (TPSA) is 152 Å². The number of nitrogen functional groups attached to an aromatic ring is 1. The standard InChI is InChI=1S/C21H18N8O2/c1-12-3-2-4-16(25-12)19-24-11-15(20(30)31)18(29-19)27-17-9-10-23-21(28-17)26-14-7-5-13(22)6-8-14/h2-11H,22H2,1H3,(H,30,31)(H2,23,24,26,27,28,29). The highest BCUT2D eigenvalue weighted by molar-refractivity contribution is 5.93. The van der Waals surface area contributed by atoms with Crippen molar-refractivity contribution in [2.45, 2.75) is 6.92 Å². The third kappa shape index (κ3) is 4.70. The lowest BCUT2D eigenvalue weighted by atomic mass is 10.2. The van der Waals surface area contributed by atoms with E-state index in [1.54, 1.807) is 42.6 Å². The minimum atomic E-state index is -1.17. The number of carboxylic acid groups (broad SMARTS) is 1. The van der Waals surface area contributed by atoms with Gasteiger partial charge in [-0.05, 0) is 49.4 Å². The molecule has 0 saturated heterocycles. The summed E-state index contributed by atoms with van der Waals surface area (Å²) in [7, 11) is 0. The van der Waals surface area contributed by atoms with Crippen LogP contribution in [0.25, 0.3) is 11.5 Å². The first-order valence-corrected chi connectivity index (χ1v) is 9.25. The molecule has 0 unspecified atom stereocenters. The Morgan fingerprint density at radius 2 is 1.77 bits per heavy atom. The number of hydrogen-bond donors (Lipinski definition) is 4. The maximum atomic E-state index is 11.7. The van der Waals surface area contributed by atoms with Crippen molar-refractivity contribution in [3.05, 3.63) is 72.2 Å². The van der Waals surface area contributed by atoms with Crippen molar-refractivity contribution in [2.75, 3.05) is 16.4 Å². The van der Waals surface area contributed by atoms with Gasteiger partial charge in [0.1, 0.15) is 22.9 Å². The molecule has 0 saturated carbocycles. The molecular formula is C21H18N8O2. The van der Waals surface area contributed by atoms with E-state index in [-0.39, 0.29) is 11.4 Å². The van der Waals surface area contributed by atoms with Gasteiger partial charge in [-0.3, -0.25) is 0 Å². The van der Waals surface area contributed by atoms with Crippen molar-refractivity contribution in [2.24, 2.45) is 0 Å². The first-order valence-electron chi connectivity index (χ1n) is 9.25. The maximum absolute atomic E-state index is 11.7. The Balaban J connectivity index is 1.64. The summed E-state index contributed by atoms with van der Waals surface area (Å²) < 4.78 is 0. The van der Waals surface area contributed by atoms with Crippen LogP contribution < -0.4 is 16.4 Å². The van der Waals surface area contributed by atoms with E-state index in [1.807, 2.05) is 19.1 Å². The summed E-state index contributed by atoms with van der Waals surface area (Å²) in [6, 6.07) is 14.2. The summed E-state index contributed by atoms with van der Waals surface area (Å²) in [5.74, 6) is -0.0949. The normalized spacial score (nSPS) is 10.5. The van der Waals surface area contributed by atoms with E-state index in [0.717, 1.165) is 11.4 Å². The highest BCUT2D eigenvalue weighted by Crippen LogP contribution is 2.22. The molecule has 31 heavy (non-hydrogen) atoms. The monoisotopic (exact) mass is 414 g/mol. The van der Waals surface area contributed by atoms with Crippen molar-refractivity contribution >= 4 is 34.9 Å². The van der Waals surface area contributed by atoms with Crippen LogP contribution in [0.3, 0.4) is 0 Å². The maximum Gasteiger partial charge on any atom is 0.341 e. The van der Waals surface area contributed by atoms with Gasteiger partial charge in [0.15, 0.2) is 5.82 Å². The number of aryl methyl sites for hydroxylation is 1. The predicted molar refractivity (Wildman–Crippen MR) is 116 cm³/mol. The fourth-order valence-corrected chi connectivity index (χ4v) is 2.73. The number of rotatable bonds is 6. The summed E-state index contributed by atoms with van der Waals surface area (Å²) in [5.41, 5.74) is 8.34. The highest BCUT2D eigenvalue weighted by Gasteiger charge is 2.16. The number of carbonyl (C=O) groups is 1. The van der Waals surface area contributed by atoms with Crippen LogP contribution in [0.2, 0.25) is 0 Å². The average molecular weight is 414 g/mol. The molecule has 0 amide bonds. The molecule has 0 fully saturated rings. The molecule has 0 aliphatic rings. The Morgan fingerprint density at radius 3 is 2.52 bits per heavy atom. The van der Waals surface area contributed by atoms with Crippen LogP contribution in [-0.2, 0) is 0 Å². The summed E-state index contributed by atoms with van der Waals surface area (Å²) in [5, 5.41) is 15.5. The molecule has 4 aromatic rings. The zero-order valence-electron chi connectivity index (χ0n) is 16.4. The zero-order chi connectivity index (χ0) is 21.8. The summed E-state index contributed by atoms with van der Waals surface area (Å²) in [6.07, 6.45) is 2.78. The van der Waals surface area contributed by atoms with Crippen molar-refractivity contribution in [1.29, 1.82) is 0 Å². The van der Waals surface area contributed by atoms with E-state index in [1.165, 1.54) is 6.20 Å². The lowest BCUT2D eigenvalue weighted by Crippen LogP contribution is -2.09. The molecule has 0 atom stereocenters. The largest absolute Gasteiger partial charge is 0.477 e. The van der Waals surface area contributed by atoms with Gasteiger partial charge in [-0.15, -0.1) is 0 Å². The Morgan fingerprint density at radius 1 is 0.968 bits per heavy atom. The molecule has 10 heteroatoms. The van der Waals surface area contributed by atoms with E-state index in [9.17, 15) is 9.90 Å². The average Bonchev–Trinajstić information content (AvgIpc) is 2.75. The number of pyridine rings is 1. The van der Waals surface area contributed by atoms with E-state index >= 15 is 0 Å². The Bertz CT molecular complexity index is 1240. The second kappa shape index (κ2) is 8.41. The van der Waals surface area contributed by atoms with Gasteiger partial charge >= 0.3 is 5.97 Å². The van der Waals surface area contributed by atoms with Gasteiger partial charge in [0.05, 0.1) is 0 Å². The number of nitrogens with two attached hydrogens (primary N) is 1. The quantitative estimate of drug-likeness (QED) is 0.345. The van der Waals surface area contributed by atoms with Crippen LogP contribution >= 0.6 is 0 Å². The number of benzene rings is 1. The van der Waals surface area contributed by atoms with Crippen molar-refractivity contribution in [1.82, 2.24) is 24.9 Å². The Kier molecular flexibility index (Phi) is 5.35. The molecule has 0 aliphatic heterocycles. The van der Waals surface area contributed by atoms with Crippen LogP contribution in [0.15, 0.2) is 60.9 Å². The van der Waals surface area contributed by atoms with Crippen LogP contribution in [0.4, 0.5) is 29.0 Å². The van der Waals surface area contributed by atoms with Gasteiger partial charge < -0.3 is 21.5 Å². The van der Waals surface area contributed by atoms with Crippen molar-refractivity contribution in [3.63, 3.8) is 0 Å². The molecule has 0 radical (unpaired) electrons. The summed E-state index contributed by atoms with van der Waals surface area (Å²) >= 11 is 0. The van der Waals surface area contributed by atoms with Crippen LogP contribution in [-0.4, -0.2) is 36.0 Å². The fraction of sp³-hybridized carbons (Fsp3) is 0.0476. The Labute approximate surface area is 177 Å². The van der Waals surface area contributed by atoms with E-state index in [0.29, 0.717) is 29.0 Å². The van der Waals surface area contributed by atoms with Crippen LogP contribution in [0.5, 0.6) is 0 Å². The molecule has 154 valence electrons. The number of aromatic nitrogens is 5. The van der Waals surface area contributed by atoms with E-state index in [4.69, 9.17) is 5.73 Å². The lowest BCUT2D eigenvalue weighted by molar-refractivity contribution is 0.0697. The second-order valence-electron chi connectivity index (χ2n) is 6.56. The predicted octanol–water partition coefficient (Wildman–Crippen LogP) is 3.40. The van der Waals surface area contributed by atoms with E-state index in [2.05, 4.69) is 35.6 Å². The molecule has 0 bridgehead atoms. The van der Waals surface area contributed by atoms with Gasteiger partial charge in [-0.2, -0.15) is 4.98 Å². The molecule has 10 nitrogen and oxygen atoms in total. The third-order valence-corrected chi connectivity index (χ3v) is 4.21. The number of hydrogen-bond acceptors (Lipinski definition) is 9. The first kappa shape index (κ1) is 19.7. The molecule has 5 N–H and O–H groups in total. The van der Waals surface area contributed by atoms with Gasteiger partial charge in [0.25, 0.3) is 0 Å². The molecule has 3 heterocycles.